The monoisotopic (exact) mass is 306 g/mol. The summed E-state index contributed by atoms with van der Waals surface area (Å²) in [6.45, 7) is 5.69. The van der Waals surface area contributed by atoms with Crippen LogP contribution < -0.4 is 10.5 Å². The van der Waals surface area contributed by atoms with Gasteiger partial charge in [-0.2, -0.15) is 0 Å². The van der Waals surface area contributed by atoms with E-state index >= 15 is 0 Å². The number of thiophene rings is 1. The Kier molecular flexibility index (Phi) is 5.07. The highest BCUT2D eigenvalue weighted by atomic mass is 32.1. The number of anilines is 1. The highest BCUT2D eigenvalue weighted by Crippen LogP contribution is 2.36. The Bertz CT molecular complexity index is 630. The molecule has 2 N–H and O–H groups in total. The number of nitrogens with zero attached hydrogens (tertiary/aromatic N) is 1. The molecule has 1 heterocycles. The van der Waals surface area contributed by atoms with Crippen LogP contribution in [0, 0.1) is 0 Å². The zero-order valence-electron chi connectivity index (χ0n) is 12.8. The Labute approximate surface area is 129 Å². The van der Waals surface area contributed by atoms with E-state index in [0.717, 1.165) is 41.8 Å². The molecule has 114 valence electrons. The molecule has 0 atom stereocenters. The van der Waals surface area contributed by atoms with E-state index in [1.165, 1.54) is 11.3 Å². The molecule has 4 nitrogen and oxygen atoms in total. The molecule has 0 radical (unpaired) electrons. The van der Waals surface area contributed by atoms with Crippen LogP contribution in [-0.2, 0) is 0 Å². The largest absolute Gasteiger partial charge is 0.497 e. The van der Waals surface area contributed by atoms with Gasteiger partial charge in [-0.25, -0.2) is 0 Å². The summed E-state index contributed by atoms with van der Waals surface area (Å²) in [4.78, 5) is 15.2. The van der Waals surface area contributed by atoms with Gasteiger partial charge in [0.15, 0.2) is 0 Å². The highest BCUT2D eigenvalue weighted by Gasteiger charge is 2.21. The molecular formula is C16H22N2O2S. The van der Waals surface area contributed by atoms with Gasteiger partial charge in [-0.15, -0.1) is 11.3 Å². The molecule has 2 aromatic rings. The van der Waals surface area contributed by atoms with Gasteiger partial charge >= 0.3 is 0 Å². The van der Waals surface area contributed by atoms with E-state index in [1.807, 2.05) is 23.1 Å². The summed E-state index contributed by atoms with van der Waals surface area (Å²) in [5.74, 6) is 0.818. The van der Waals surface area contributed by atoms with Crippen molar-refractivity contribution in [2.24, 2.45) is 0 Å². The molecule has 0 unspecified atom stereocenters. The third-order valence-electron chi connectivity index (χ3n) is 3.40. The summed E-state index contributed by atoms with van der Waals surface area (Å²) in [6, 6.07) is 5.72. The second-order valence-electron chi connectivity index (χ2n) is 5.00. The van der Waals surface area contributed by atoms with Crippen molar-refractivity contribution >= 4 is 33.0 Å². The van der Waals surface area contributed by atoms with Gasteiger partial charge in [0.05, 0.1) is 12.8 Å². The van der Waals surface area contributed by atoms with Crippen LogP contribution in [0.4, 0.5) is 5.69 Å². The van der Waals surface area contributed by atoms with E-state index in [2.05, 4.69) is 13.8 Å². The predicted molar refractivity (Wildman–Crippen MR) is 89.3 cm³/mol. The molecule has 2 rings (SSSR count). The molecule has 0 fully saturated rings. The summed E-state index contributed by atoms with van der Waals surface area (Å²) < 4.78 is 6.22. The van der Waals surface area contributed by atoms with Gasteiger partial charge < -0.3 is 15.4 Å². The minimum atomic E-state index is 0.0383. The van der Waals surface area contributed by atoms with E-state index in [1.54, 1.807) is 7.11 Å². The Morgan fingerprint density at radius 3 is 2.52 bits per heavy atom. The molecule has 21 heavy (non-hydrogen) atoms. The van der Waals surface area contributed by atoms with Crippen LogP contribution in [-0.4, -0.2) is 31.0 Å². The first-order valence-electron chi connectivity index (χ1n) is 7.27. The van der Waals surface area contributed by atoms with Crippen LogP contribution >= 0.6 is 11.3 Å². The van der Waals surface area contributed by atoms with Crippen LogP contribution in [0.25, 0.3) is 10.1 Å². The molecule has 0 aliphatic heterocycles. The number of hydrogen-bond donors (Lipinski definition) is 1. The van der Waals surface area contributed by atoms with Gasteiger partial charge in [-0.1, -0.05) is 13.8 Å². The number of ether oxygens (including phenoxy) is 1. The fourth-order valence-electron chi connectivity index (χ4n) is 2.38. The molecule has 0 aliphatic carbocycles. The van der Waals surface area contributed by atoms with Crippen LogP contribution in [0.15, 0.2) is 18.2 Å². The zero-order valence-corrected chi connectivity index (χ0v) is 13.6. The number of benzene rings is 1. The van der Waals surface area contributed by atoms with Crippen molar-refractivity contribution in [3.8, 4) is 5.75 Å². The van der Waals surface area contributed by atoms with E-state index in [0.29, 0.717) is 10.6 Å². The van der Waals surface area contributed by atoms with Crippen molar-refractivity contribution in [2.45, 2.75) is 26.7 Å². The SMILES string of the molecule is CCCN(CCC)C(=O)c1sc2cc(OC)ccc2c1N. The predicted octanol–water partition coefficient (Wildman–Crippen LogP) is 3.75. The number of carbonyl (C=O) groups excluding carboxylic acids is 1. The Morgan fingerprint density at radius 2 is 1.95 bits per heavy atom. The molecule has 5 heteroatoms. The Balaban J connectivity index is 2.40. The maximum atomic E-state index is 12.7. The fraction of sp³-hybridized carbons (Fsp3) is 0.438. The second-order valence-corrected chi connectivity index (χ2v) is 6.05. The third kappa shape index (κ3) is 3.13. The lowest BCUT2D eigenvalue weighted by Crippen LogP contribution is -2.32. The Hall–Kier alpha value is -1.75. The highest BCUT2D eigenvalue weighted by molar-refractivity contribution is 7.21. The van der Waals surface area contributed by atoms with Crippen LogP contribution in [0.2, 0.25) is 0 Å². The average molecular weight is 306 g/mol. The lowest BCUT2D eigenvalue weighted by atomic mass is 10.2. The first kappa shape index (κ1) is 15.6. The number of methoxy groups -OCH3 is 1. The van der Waals surface area contributed by atoms with Gasteiger partial charge in [-0.3, -0.25) is 4.79 Å². The van der Waals surface area contributed by atoms with Crippen molar-refractivity contribution in [1.82, 2.24) is 4.90 Å². The van der Waals surface area contributed by atoms with E-state index in [-0.39, 0.29) is 5.91 Å². The van der Waals surface area contributed by atoms with E-state index < -0.39 is 0 Å². The average Bonchev–Trinajstić information content (AvgIpc) is 2.82. The van der Waals surface area contributed by atoms with Crippen LogP contribution in [0.5, 0.6) is 5.75 Å². The summed E-state index contributed by atoms with van der Waals surface area (Å²) in [6.07, 6.45) is 1.90. The van der Waals surface area contributed by atoms with Crippen LogP contribution in [0.3, 0.4) is 0 Å². The van der Waals surface area contributed by atoms with Crippen molar-refractivity contribution < 1.29 is 9.53 Å². The van der Waals surface area contributed by atoms with Crippen molar-refractivity contribution in [3.63, 3.8) is 0 Å². The van der Waals surface area contributed by atoms with Crippen molar-refractivity contribution in [1.29, 1.82) is 0 Å². The summed E-state index contributed by atoms with van der Waals surface area (Å²) in [7, 11) is 1.63. The normalized spacial score (nSPS) is 10.8. The number of hydrogen-bond acceptors (Lipinski definition) is 4. The quantitative estimate of drug-likeness (QED) is 0.884. The number of nitrogen functional groups attached to an aromatic ring is 1. The zero-order chi connectivity index (χ0) is 15.4. The van der Waals surface area contributed by atoms with Gasteiger partial charge in [0.25, 0.3) is 5.91 Å². The molecule has 1 aromatic heterocycles. The number of amides is 1. The maximum Gasteiger partial charge on any atom is 0.266 e. The summed E-state index contributed by atoms with van der Waals surface area (Å²) >= 11 is 1.45. The molecule has 1 aromatic carbocycles. The molecule has 0 saturated heterocycles. The second kappa shape index (κ2) is 6.80. The number of nitrogens with two attached hydrogens (primary N) is 1. The molecule has 0 aliphatic rings. The molecular weight excluding hydrogens is 284 g/mol. The fourth-order valence-corrected chi connectivity index (χ4v) is 3.50. The minimum Gasteiger partial charge on any atom is -0.497 e. The lowest BCUT2D eigenvalue weighted by Gasteiger charge is -2.20. The number of carbonyl (C=O) groups is 1. The number of fused-ring (bicyclic) bond motifs is 1. The molecule has 0 bridgehead atoms. The van der Waals surface area contributed by atoms with Gasteiger partial charge in [0.1, 0.15) is 10.6 Å². The molecule has 0 saturated carbocycles. The van der Waals surface area contributed by atoms with Crippen molar-refractivity contribution in [3.05, 3.63) is 23.1 Å². The number of rotatable bonds is 6. The topological polar surface area (TPSA) is 55.6 Å². The van der Waals surface area contributed by atoms with Gasteiger partial charge in [0, 0.05) is 23.2 Å². The Morgan fingerprint density at radius 1 is 1.29 bits per heavy atom. The first-order chi connectivity index (χ1) is 10.1. The molecule has 0 spiro atoms. The summed E-state index contributed by atoms with van der Waals surface area (Å²) in [5.41, 5.74) is 6.77. The molecule has 1 amide bonds. The van der Waals surface area contributed by atoms with Gasteiger partial charge in [-0.05, 0) is 31.0 Å². The summed E-state index contributed by atoms with van der Waals surface area (Å²) in [5, 5.41) is 0.928. The standard InChI is InChI=1S/C16H22N2O2S/c1-4-8-18(9-5-2)16(19)15-14(17)12-7-6-11(20-3)10-13(12)21-15/h6-7,10H,4-5,8-9,17H2,1-3H3. The van der Waals surface area contributed by atoms with E-state index in [9.17, 15) is 4.79 Å². The maximum absolute atomic E-state index is 12.7. The van der Waals surface area contributed by atoms with E-state index in [4.69, 9.17) is 10.5 Å². The third-order valence-corrected chi connectivity index (χ3v) is 4.56. The van der Waals surface area contributed by atoms with Gasteiger partial charge in [0.2, 0.25) is 0 Å². The smallest absolute Gasteiger partial charge is 0.266 e. The lowest BCUT2D eigenvalue weighted by molar-refractivity contribution is 0.0761. The first-order valence-corrected chi connectivity index (χ1v) is 8.09. The van der Waals surface area contributed by atoms with Crippen LogP contribution in [0.1, 0.15) is 36.4 Å². The minimum absolute atomic E-state index is 0.0383. The van der Waals surface area contributed by atoms with Crippen molar-refractivity contribution in [2.75, 3.05) is 25.9 Å².